The lowest BCUT2D eigenvalue weighted by Gasteiger charge is -2.33. The molecule has 7 nitrogen and oxygen atoms in total. The molecule has 2 aromatic rings. The SMILES string of the molecule is CCC(C(=O)NC1CCCCC1)N(Cc1ccc(C)cc1)C(=O)CCCN(c1cc(Cl)ccc1C)S(C)(=O)=O. The first-order valence-corrected chi connectivity index (χ1v) is 16.1. The van der Waals surface area contributed by atoms with Crippen LogP contribution >= 0.6 is 11.6 Å². The molecule has 1 unspecified atom stereocenters. The third kappa shape index (κ3) is 8.97. The summed E-state index contributed by atoms with van der Waals surface area (Å²) >= 11 is 6.15. The zero-order chi connectivity index (χ0) is 28.6. The molecule has 0 bridgehead atoms. The van der Waals surface area contributed by atoms with Crippen LogP contribution in [0.15, 0.2) is 42.5 Å². The van der Waals surface area contributed by atoms with Crippen molar-refractivity contribution in [2.45, 2.75) is 90.8 Å². The summed E-state index contributed by atoms with van der Waals surface area (Å²) in [5.74, 6) is -0.283. The fourth-order valence-corrected chi connectivity index (χ4v) is 6.37. The van der Waals surface area contributed by atoms with Gasteiger partial charge < -0.3 is 10.2 Å². The molecule has 9 heteroatoms. The minimum absolute atomic E-state index is 0.114. The molecule has 39 heavy (non-hydrogen) atoms. The number of amides is 2. The van der Waals surface area contributed by atoms with E-state index in [2.05, 4.69) is 5.32 Å². The molecule has 1 aliphatic carbocycles. The van der Waals surface area contributed by atoms with Gasteiger partial charge in [0.2, 0.25) is 21.8 Å². The molecular formula is C30H42ClN3O4S. The number of benzene rings is 2. The molecule has 1 N–H and O–H groups in total. The standard InChI is InChI=1S/C30H42ClN3O4S/c1-5-27(30(36)32-26-10-7-6-8-11-26)33(21-24-16-13-22(2)14-17-24)29(35)12-9-19-34(39(4,37)38)28-20-25(31)18-15-23(28)3/h13-18,20,26-27H,5-12,19,21H2,1-4H3,(H,32,36). The molecule has 0 saturated heterocycles. The van der Waals surface area contributed by atoms with Crippen LogP contribution in [0.3, 0.4) is 0 Å². The maximum Gasteiger partial charge on any atom is 0.243 e. The topological polar surface area (TPSA) is 86.8 Å². The summed E-state index contributed by atoms with van der Waals surface area (Å²) in [6.45, 7) is 6.21. The van der Waals surface area contributed by atoms with Crippen LogP contribution < -0.4 is 9.62 Å². The molecular weight excluding hydrogens is 534 g/mol. The molecule has 0 spiro atoms. The van der Waals surface area contributed by atoms with E-state index in [4.69, 9.17) is 11.6 Å². The van der Waals surface area contributed by atoms with Crippen LogP contribution in [0.25, 0.3) is 0 Å². The van der Waals surface area contributed by atoms with E-state index in [-0.39, 0.29) is 30.8 Å². The van der Waals surface area contributed by atoms with Gasteiger partial charge in [-0.15, -0.1) is 0 Å². The molecule has 2 amide bonds. The van der Waals surface area contributed by atoms with Gasteiger partial charge in [0.1, 0.15) is 6.04 Å². The fraction of sp³-hybridized carbons (Fsp3) is 0.533. The predicted octanol–water partition coefficient (Wildman–Crippen LogP) is 5.76. The van der Waals surface area contributed by atoms with Crippen LogP contribution in [0, 0.1) is 13.8 Å². The Morgan fingerprint density at radius 1 is 1.05 bits per heavy atom. The van der Waals surface area contributed by atoms with Gasteiger partial charge in [0.25, 0.3) is 0 Å². The van der Waals surface area contributed by atoms with E-state index in [0.29, 0.717) is 30.1 Å². The Hall–Kier alpha value is -2.58. The van der Waals surface area contributed by atoms with E-state index < -0.39 is 16.1 Å². The summed E-state index contributed by atoms with van der Waals surface area (Å²) in [7, 11) is -3.59. The number of nitrogens with one attached hydrogen (secondary N) is 1. The molecule has 1 saturated carbocycles. The lowest BCUT2D eigenvalue weighted by molar-refractivity contribution is -0.141. The third-order valence-corrected chi connectivity index (χ3v) is 8.82. The van der Waals surface area contributed by atoms with Crippen LogP contribution in [0.2, 0.25) is 5.02 Å². The highest BCUT2D eigenvalue weighted by Crippen LogP contribution is 2.27. The quantitative estimate of drug-likeness (QED) is 0.349. The highest BCUT2D eigenvalue weighted by molar-refractivity contribution is 7.92. The molecule has 0 aromatic heterocycles. The lowest BCUT2D eigenvalue weighted by Crippen LogP contribution is -2.51. The number of carbonyl (C=O) groups excluding carboxylic acids is 2. The van der Waals surface area contributed by atoms with E-state index in [0.717, 1.165) is 48.6 Å². The largest absolute Gasteiger partial charge is 0.352 e. The lowest BCUT2D eigenvalue weighted by atomic mass is 9.95. The molecule has 1 fully saturated rings. The summed E-state index contributed by atoms with van der Waals surface area (Å²) in [6, 6.07) is 12.6. The van der Waals surface area contributed by atoms with Gasteiger partial charge >= 0.3 is 0 Å². The monoisotopic (exact) mass is 575 g/mol. The Morgan fingerprint density at radius 2 is 1.72 bits per heavy atom. The highest BCUT2D eigenvalue weighted by Gasteiger charge is 2.30. The van der Waals surface area contributed by atoms with E-state index >= 15 is 0 Å². The number of aryl methyl sites for hydroxylation is 2. The van der Waals surface area contributed by atoms with Crippen LogP contribution in [0.1, 0.15) is 75.0 Å². The van der Waals surface area contributed by atoms with E-state index in [1.54, 1.807) is 23.1 Å². The normalized spacial score (nSPS) is 15.0. The second-order valence-electron chi connectivity index (χ2n) is 10.6. The van der Waals surface area contributed by atoms with Crippen molar-refractivity contribution in [1.82, 2.24) is 10.2 Å². The maximum absolute atomic E-state index is 13.7. The molecule has 3 rings (SSSR count). The molecule has 1 atom stereocenters. The second kappa shape index (κ2) is 14.2. The summed E-state index contributed by atoms with van der Waals surface area (Å²) in [5, 5.41) is 3.64. The number of nitrogens with zero attached hydrogens (tertiary/aromatic N) is 2. The predicted molar refractivity (Wildman–Crippen MR) is 158 cm³/mol. The van der Waals surface area contributed by atoms with Crippen LogP contribution in [-0.4, -0.2) is 50.0 Å². The Labute approximate surface area is 239 Å². The Bertz CT molecular complexity index is 1230. The fourth-order valence-electron chi connectivity index (χ4n) is 5.19. The van der Waals surface area contributed by atoms with E-state index in [1.165, 1.54) is 10.7 Å². The maximum atomic E-state index is 13.7. The van der Waals surface area contributed by atoms with Crippen LogP contribution in [0.5, 0.6) is 0 Å². The number of hydrogen-bond acceptors (Lipinski definition) is 4. The molecule has 0 aliphatic heterocycles. The van der Waals surface area contributed by atoms with Gasteiger partial charge in [0, 0.05) is 30.6 Å². The Balaban J connectivity index is 1.77. The average molecular weight is 576 g/mol. The molecule has 0 heterocycles. The van der Waals surface area contributed by atoms with Crippen molar-refractivity contribution in [3.63, 3.8) is 0 Å². The molecule has 1 aliphatic rings. The second-order valence-corrected chi connectivity index (χ2v) is 13.0. The summed E-state index contributed by atoms with van der Waals surface area (Å²) in [6.07, 6.45) is 7.42. The van der Waals surface area contributed by atoms with Gasteiger partial charge in [-0.05, 0) is 62.8 Å². The van der Waals surface area contributed by atoms with Gasteiger partial charge in [-0.25, -0.2) is 8.42 Å². The van der Waals surface area contributed by atoms with Crippen molar-refractivity contribution in [1.29, 1.82) is 0 Å². The number of sulfonamides is 1. The Morgan fingerprint density at radius 3 is 2.33 bits per heavy atom. The summed E-state index contributed by atoms with van der Waals surface area (Å²) in [4.78, 5) is 28.7. The van der Waals surface area contributed by atoms with E-state index in [1.807, 2.05) is 45.0 Å². The Kier molecular flexibility index (Phi) is 11.2. The minimum Gasteiger partial charge on any atom is -0.352 e. The van der Waals surface area contributed by atoms with Crippen molar-refractivity contribution in [2.75, 3.05) is 17.1 Å². The highest BCUT2D eigenvalue weighted by atomic mass is 35.5. The van der Waals surface area contributed by atoms with E-state index in [9.17, 15) is 18.0 Å². The minimum atomic E-state index is -3.59. The van der Waals surface area contributed by atoms with Gasteiger partial charge in [-0.3, -0.25) is 13.9 Å². The molecule has 2 aromatic carbocycles. The zero-order valence-electron chi connectivity index (χ0n) is 23.6. The van der Waals surface area contributed by atoms with Crippen molar-refractivity contribution >= 4 is 39.1 Å². The van der Waals surface area contributed by atoms with Gasteiger partial charge in [-0.2, -0.15) is 0 Å². The molecule has 0 radical (unpaired) electrons. The number of halogens is 1. The number of hydrogen-bond donors (Lipinski definition) is 1. The van der Waals surface area contributed by atoms with Gasteiger partial charge in [0.15, 0.2) is 0 Å². The van der Waals surface area contributed by atoms with Crippen molar-refractivity contribution in [2.24, 2.45) is 0 Å². The first-order chi connectivity index (χ1) is 18.5. The smallest absolute Gasteiger partial charge is 0.243 e. The third-order valence-electron chi connectivity index (χ3n) is 7.40. The first-order valence-electron chi connectivity index (χ1n) is 13.9. The van der Waals surface area contributed by atoms with Crippen molar-refractivity contribution < 1.29 is 18.0 Å². The van der Waals surface area contributed by atoms with Crippen LogP contribution in [-0.2, 0) is 26.2 Å². The van der Waals surface area contributed by atoms with Crippen molar-refractivity contribution in [3.05, 3.63) is 64.2 Å². The summed E-state index contributed by atoms with van der Waals surface area (Å²) in [5.41, 5.74) is 3.36. The summed E-state index contributed by atoms with van der Waals surface area (Å²) < 4.78 is 26.6. The van der Waals surface area contributed by atoms with Crippen LogP contribution in [0.4, 0.5) is 5.69 Å². The van der Waals surface area contributed by atoms with Gasteiger partial charge in [0.05, 0.1) is 11.9 Å². The number of carbonyl (C=O) groups is 2. The van der Waals surface area contributed by atoms with Crippen molar-refractivity contribution in [3.8, 4) is 0 Å². The van der Waals surface area contributed by atoms with Gasteiger partial charge in [-0.1, -0.05) is 73.7 Å². The average Bonchev–Trinajstić information content (AvgIpc) is 2.89. The first kappa shape index (κ1) is 31.0. The number of anilines is 1. The number of rotatable bonds is 12. The zero-order valence-corrected chi connectivity index (χ0v) is 25.2. The molecule has 214 valence electrons.